The first-order chi connectivity index (χ1) is 10.2. The molecule has 0 aliphatic heterocycles. The van der Waals surface area contributed by atoms with E-state index in [4.69, 9.17) is 5.73 Å². The second-order valence-electron chi connectivity index (χ2n) is 5.33. The van der Waals surface area contributed by atoms with E-state index in [1.165, 1.54) is 6.07 Å². The molecule has 1 fully saturated rings. The fourth-order valence-corrected chi connectivity index (χ4v) is 2.40. The molecule has 0 atom stereocenters. The number of rotatable bonds is 4. The predicted octanol–water partition coefficient (Wildman–Crippen LogP) is 2.66. The van der Waals surface area contributed by atoms with Gasteiger partial charge in [0.05, 0.1) is 0 Å². The summed E-state index contributed by atoms with van der Waals surface area (Å²) in [5.41, 5.74) is 8.03. The van der Waals surface area contributed by atoms with Gasteiger partial charge in [-0.25, -0.2) is 0 Å². The number of amides is 1. The summed E-state index contributed by atoms with van der Waals surface area (Å²) in [7, 11) is 0. The third-order valence-corrected chi connectivity index (χ3v) is 3.67. The molecule has 1 saturated carbocycles. The lowest BCUT2D eigenvalue weighted by Gasteiger charge is -2.23. The molecule has 0 spiro atoms. The first-order valence-corrected chi connectivity index (χ1v) is 7.10. The highest BCUT2D eigenvalue weighted by atomic mass is 16.3. The average Bonchev–Trinajstić information content (AvgIpc) is 3.33. The third-order valence-electron chi connectivity index (χ3n) is 3.67. The zero-order chi connectivity index (χ0) is 14.8. The molecule has 0 unspecified atom stereocenters. The lowest BCUT2D eigenvalue weighted by atomic mass is 10.1. The molecule has 0 bridgehead atoms. The van der Waals surface area contributed by atoms with Gasteiger partial charge < -0.3 is 15.7 Å². The van der Waals surface area contributed by atoms with Gasteiger partial charge in [-0.1, -0.05) is 18.2 Å². The van der Waals surface area contributed by atoms with Crippen molar-refractivity contribution in [2.45, 2.75) is 25.4 Å². The molecule has 3 N–H and O–H groups in total. The second kappa shape index (κ2) is 5.58. The number of phenolic OH excluding ortho intramolecular Hbond substituents is 1. The molecule has 0 aromatic heterocycles. The van der Waals surface area contributed by atoms with Crippen LogP contribution in [0, 0.1) is 0 Å². The van der Waals surface area contributed by atoms with E-state index in [1.54, 1.807) is 18.2 Å². The fraction of sp³-hybridized carbons (Fsp3) is 0.235. The topological polar surface area (TPSA) is 66.6 Å². The number of aromatic hydroxyl groups is 1. The van der Waals surface area contributed by atoms with Crippen molar-refractivity contribution in [3.63, 3.8) is 0 Å². The van der Waals surface area contributed by atoms with Crippen LogP contribution in [-0.4, -0.2) is 17.1 Å². The maximum Gasteiger partial charge on any atom is 0.258 e. The molecule has 4 heteroatoms. The van der Waals surface area contributed by atoms with Gasteiger partial charge in [0.15, 0.2) is 0 Å². The number of nitrogens with zero attached hydrogens (tertiary/aromatic N) is 1. The molecule has 3 rings (SSSR count). The van der Waals surface area contributed by atoms with E-state index >= 15 is 0 Å². The van der Waals surface area contributed by atoms with Gasteiger partial charge in [0.1, 0.15) is 5.75 Å². The summed E-state index contributed by atoms with van der Waals surface area (Å²) in [4.78, 5) is 14.5. The van der Waals surface area contributed by atoms with Crippen molar-refractivity contribution >= 4 is 11.6 Å². The Morgan fingerprint density at radius 3 is 2.48 bits per heavy atom. The maximum atomic E-state index is 12.7. The molecule has 2 aromatic carbocycles. The summed E-state index contributed by atoms with van der Waals surface area (Å²) in [6.45, 7) is 0.490. The van der Waals surface area contributed by atoms with Crippen LogP contribution in [0.5, 0.6) is 5.75 Å². The Kier molecular flexibility index (Phi) is 3.62. The van der Waals surface area contributed by atoms with Crippen LogP contribution in [0.25, 0.3) is 0 Å². The van der Waals surface area contributed by atoms with Crippen LogP contribution in [0.15, 0.2) is 48.5 Å². The first kappa shape index (κ1) is 13.6. The molecule has 1 aliphatic carbocycles. The number of hydrogen-bond acceptors (Lipinski definition) is 3. The molecule has 0 radical (unpaired) electrons. The predicted molar refractivity (Wildman–Crippen MR) is 82.3 cm³/mol. The normalized spacial score (nSPS) is 14.0. The van der Waals surface area contributed by atoms with Gasteiger partial charge >= 0.3 is 0 Å². The van der Waals surface area contributed by atoms with E-state index in [0.717, 1.165) is 24.1 Å². The van der Waals surface area contributed by atoms with E-state index < -0.39 is 0 Å². The van der Waals surface area contributed by atoms with Crippen LogP contribution in [0.2, 0.25) is 0 Å². The fourth-order valence-electron chi connectivity index (χ4n) is 2.40. The number of nitrogens with two attached hydrogens (primary N) is 1. The zero-order valence-electron chi connectivity index (χ0n) is 11.7. The Morgan fingerprint density at radius 1 is 1.19 bits per heavy atom. The number of anilines is 1. The highest BCUT2D eigenvalue weighted by Gasteiger charge is 2.34. The van der Waals surface area contributed by atoms with Gasteiger partial charge in [0.25, 0.3) is 5.91 Å². The lowest BCUT2D eigenvalue weighted by molar-refractivity contribution is 0.0985. The Hall–Kier alpha value is -2.33. The van der Waals surface area contributed by atoms with Gasteiger partial charge in [0, 0.05) is 23.8 Å². The number of hydrogen-bond donors (Lipinski definition) is 2. The van der Waals surface area contributed by atoms with Gasteiger partial charge in [-0.2, -0.15) is 0 Å². The van der Waals surface area contributed by atoms with Crippen molar-refractivity contribution in [1.82, 2.24) is 0 Å². The van der Waals surface area contributed by atoms with Crippen LogP contribution < -0.4 is 10.6 Å². The smallest absolute Gasteiger partial charge is 0.258 e. The molecular weight excluding hydrogens is 264 g/mol. The van der Waals surface area contributed by atoms with Crippen molar-refractivity contribution < 1.29 is 9.90 Å². The van der Waals surface area contributed by atoms with Crippen LogP contribution >= 0.6 is 0 Å². The molecule has 108 valence electrons. The van der Waals surface area contributed by atoms with Crippen LogP contribution in [-0.2, 0) is 6.54 Å². The zero-order valence-corrected chi connectivity index (χ0v) is 11.7. The van der Waals surface area contributed by atoms with E-state index in [0.29, 0.717) is 12.1 Å². The van der Waals surface area contributed by atoms with Crippen LogP contribution in [0.3, 0.4) is 0 Å². The number of carbonyl (C=O) groups excluding carboxylic acids is 1. The number of carbonyl (C=O) groups is 1. The van der Waals surface area contributed by atoms with E-state index in [9.17, 15) is 9.90 Å². The first-order valence-electron chi connectivity index (χ1n) is 7.10. The summed E-state index contributed by atoms with van der Waals surface area (Å²) < 4.78 is 0. The summed E-state index contributed by atoms with van der Waals surface area (Å²) in [5.74, 6) is 0.0315. The minimum atomic E-state index is -0.0751. The second-order valence-corrected chi connectivity index (χ2v) is 5.33. The van der Waals surface area contributed by atoms with Gasteiger partial charge in [-0.05, 0) is 48.7 Å². The van der Waals surface area contributed by atoms with Crippen LogP contribution in [0.4, 0.5) is 5.69 Å². The maximum absolute atomic E-state index is 12.7. The van der Waals surface area contributed by atoms with Crippen LogP contribution in [0.1, 0.15) is 28.8 Å². The van der Waals surface area contributed by atoms with Crippen molar-refractivity contribution in [3.05, 3.63) is 59.7 Å². The average molecular weight is 282 g/mol. The number of benzene rings is 2. The molecule has 21 heavy (non-hydrogen) atoms. The molecule has 2 aromatic rings. The molecule has 1 aliphatic rings. The summed E-state index contributed by atoms with van der Waals surface area (Å²) in [5, 5.41) is 9.55. The summed E-state index contributed by atoms with van der Waals surface area (Å²) in [6, 6.07) is 14.5. The van der Waals surface area contributed by atoms with E-state index in [-0.39, 0.29) is 17.7 Å². The lowest BCUT2D eigenvalue weighted by Crippen LogP contribution is -2.33. The number of phenols is 1. The highest BCUT2D eigenvalue weighted by Crippen LogP contribution is 2.33. The summed E-state index contributed by atoms with van der Waals surface area (Å²) >= 11 is 0. The minimum Gasteiger partial charge on any atom is -0.508 e. The monoisotopic (exact) mass is 282 g/mol. The van der Waals surface area contributed by atoms with Gasteiger partial charge in [0.2, 0.25) is 0 Å². The van der Waals surface area contributed by atoms with E-state index in [1.807, 2.05) is 29.2 Å². The summed E-state index contributed by atoms with van der Waals surface area (Å²) in [6.07, 6.45) is 2.03. The third kappa shape index (κ3) is 2.90. The van der Waals surface area contributed by atoms with E-state index in [2.05, 4.69) is 0 Å². The molecule has 4 nitrogen and oxygen atoms in total. The highest BCUT2D eigenvalue weighted by molar-refractivity contribution is 6.07. The molecule has 1 amide bonds. The van der Waals surface area contributed by atoms with Gasteiger partial charge in [-0.15, -0.1) is 0 Å². The Labute approximate surface area is 123 Å². The Balaban J connectivity index is 1.92. The van der Waals surface area contributed by atoms with Crippen molar-refractivity contribution in [3.8, 4) is 5.75 Å². The largest absolute Gasteiger partial charge is 0.508 e. The SMILES string of the molecule is NCc1ccc(N(C(=O)c2cccc(O)c2)C2CC2)cc1. The van der Waals surface area contributed by atoms with Crippen molar-refractivity contribution in [1.29, 1.82) is 0 Å². The van der Waals surface area contributed by atoms with Crippen molar-refractivity contribution in [2.75, 3.05) is 4.90 Å². The molecule has 0 heterocycles. The Bertz CT molecular complexity index is 648. The molecule has 0 saturated heterocycles. The quantitative estimate of drug-likeness (QED) is 0.906. The van der Waals surface area contributed by atoms with Crippen molar-refractivity contribution in [2.24, 2.45) is 5.73 Å². The van der Waals surface area contributed by atoms with Gasteiger partial charge in [-0.3, -0.25) is 4.79 Å². The minimum absolute atomic E-state index is 0.0751. The Morgan fingerprint density at radius 2 is 1.90 bits per heavy atom. The standard InChI is InChI=1S/C17H18N2O2/c18-11-12-4-6-14(7-5-12)19(15-8-9-15)17(21)13-2-1-3-16(20)10-13/h1-7,10,15,20H,8-9,11,18H2. The molecular formula is C17H18N2O2.